The second-order valence-corrected chi connectivity index (χ2v) is 11.1. The number of hydrogen-bond acceptors (Lipinski definition) is 7. The largest absolute Gasteiger partial charge is 0.493 e. The summed E-state index contributed by atoms with van der Waals surface area (Å²) in [5.41, 5.74) is 3.49. The molecule has 0 bridgehead atoms. The van der Waals surface area contributed by atoms with Gasteiger partial charge in [0.05, 0.1) is 31.0 Å². The predicted molar refractivity (Wildman–Crippen MR) is 143 cm³/mol. The van der Waals surface area contributed by atoms with Gasteiger partial charge in [0.15, 0.2) is 17.3 Å². The minimum absolute atomic E-state index is 0.0156. The molecule has 0 radical (unpaired) electrons. The molecule has 2 aromatic heterocycles. The minimum atomic E-state index is -0.294. The number of anilines is 1. The molecule has 1 N–H and O–H groups in total. The monoisotopic (exact) mass is 545 g/mol. The van der Waals surface area contributed by atoms with Gasteiger partial charge in [-0.1, -0.05) is 16.8 Å². The zero-order chi connectivity index (χ0) is 27.4. The van der Waals surface area contributed by atoms with E-state index in [0.29, 0.717) is 34.6 Å². The number of carbonyl (C=O) groups is 2. The van der Waals surface area contributed by atoms with Crippen LogP contribution in [0.5, 0.6) is 5.75 Å². The molecule has 3 heterocycles. The third kappa shape index (κ3) is 4.40. The Hall–Kier alpha value is -3.97. The van der Waals surface area contributed by atoms with Gasteiger partial charge >= 0.3 is 0 Å². The molecule has 0 spiro atoms. The zero-order valence-corrected chi connectivity index (χ0v) is 22.6. The highest BCUT2D eigenvalue weighted by molar-refractivity contribution is 6.30. The Balaban J connectivity index is 1.12. The number of nitrogens with one attached hydrogen (secondary N) is 1. The molecule has 2 aliphatic carbocycles. The molecule has 200 valence electrons. The molecule has 1 saturated heterocycles. The Bertz CT molecular complexity index is 1520. The van der Waals surface area contributed by atoms with E-state index in [1.807, 2.05) is 19.9 Å². The highest BCUT2D eigenvalue weighted by Crippen LogP contribution is 2.49. The lowest BCUT2D eigenvalue weighted by atomic mass is 9.74. The smallest absolute Gasteiger partial charge is 0.273 e. The van der Waals surface area contributed by atoms with Crippen molar-refractivity contribution in [3.8, 4) is 11.8 Å². The summed E-state index contributed by atoms with van der Waals surface area (Å²) in [4.78, 5) is 31.8. The van der Waals surface area contributed by atoms with E-state index in [-0.39, 0.29) is 41.4 Å². The van der Waals surface area contributed by atoms with Gasteiger partial charge in [0.2, 0.25) is 5.91 Å². The van der Waals surface area contributed by atoms with E-state index in [0.717, 1.165) is 36.0 Å². The number of nitriles is 1. The van der Waals surface area contributed by atoms with Crippen molar-refractivity contribution in [3.63, 3.8) is 0 Å². The summed E-state index contributed by atoms with van der Waals surface area (Å²) in [5.74, 6) is 1.69. The molecule has 2 saturated carbocycles. The van der Waals surface area contributed by atoms with Gasteiger partial charge in [0.1, 0.15) is 0 Å². The van der Waals surface area contributed by atoms with Gasteiger partial charge in [0.25, 0.3) is 5.91 Å². The van der Waals surface area contributed by atoms with Gasteiger partial charge in [0, 0.05) is 40.9 Å². The number of nitrogens with zero attached hydrogens (tertiary/aromatic N) is 6. The summed E-state index contributed by atoms with van der Waals surface area (Å²) in [6, 6.07) is 7.21. The Labute approximate surface area is 230 Å². The molecule has 10 nitrogen and oxygen atoms in total. The molecule has 1 unspecified atom stereocenters. The first-order valence-corrected chi connectivity index (χ1v) is 13.4. The van der Waals surface area contributed by atoms with E-state index in [2.05, 4.69) is 26.7 Å². The number of pyridine rings is 1. The molecule has 6 rings (SSSR count). The van der Waals surface area contributed by atoms with Crippen molar-refractivity contribution in [2.75, 3.05) is 18.6 Å². The van der Waals surface area contributed by atoms with Gasteiger partial charge in [-0.15, -0.1) is 5.10 Å². The van der Waals surface area contributed by atoms with Crippen LogP contribution in [0.1, 0.15) is 70.9 Å². The van der Waals surface area contributed by atoms with E-state index in [9.17, 15) is 14.9 Å². The number of aromatic nitrogens is 4. The molecule has 1 aliphatic heterocycles. The fourth-order valence-corrected chi connectivity index (χ4v) is 6.03. The lowest BCUT2D eigenvalue weighted by molar-refractivity contribution is -0.118. The average molecular weight is 546 g/mol. The van der Waals surface area contributed by atoms with Crippen LogP contribution in [0.15, 0.2) is 30.6 Å². The first-order chi connectivity index (χ1) is 18.8. The number of ether oxygens (including phenoxy) is 1. The Morgan fingerprint density at radius 3 is 2.79 bits per heavy atom. The molecule has 39 heavy (non-hydrogen) atoms. The summed E-state index contributed by atoms with van der Waals surface area (Å²) in [6.07, 6.45) is 5.79. The number of halogens is 1. The number of rotatable bonds is 7. The van der Waals surface area contributed by atoms with Crippen LogP contribution in [0.3, 0.4) is 0 Å². The van der Waals surface area contributed by atoms with Crippen molar-refractivity contribution in [2.45, 2.75) is 51.1 Å². The normalized spacial score (nSPS) is 24.0. The van der Waals surface area contributed by atoms with Crippen LogP contribution in [0.2, 0.25) is 5.02 Å². The zero-order valence-electron chi connectivity index (χ0n) is 21.9. The van der Waals surface area contributed by atoms with E-state index in [1.165, 1.54) is 0 Å². The Kier molecular flexibility index (Phi) is 6.26. The molecule has 3 fully saturated rings. The van der Waals surface area contributed by atoms with Gasteiger partial charge in [-0.3, -0.25) is 14.5 Å². The standard InChI is InChI=1S/C28H28ClN7O3/c1-14-23(11-31-26(25(14)39-3)35-12-18-8-22(18)28(35)38)15(2)36-13-24(33-34-36)27(37)32-20-6-17(7-20)21-9-19(29)5-4-16(21)10-30/h4-5,9,11,13,15,17-18,20,22H,6-8,12H2,1-3H3,(H,32,37)/t15?,17?,18-,20?,22-/m1/s1. The van der Waals surface area contributed by atoms with Crippen LogP contribution < -0.4 is 15.0 Å². The fourth-order valence-electron chi connectivity index (χ4n) is 5.84. The summed E-state index contributed by atoms with van der Waals surface area (Å²) >= 11 is 6.13. The molecule has 3 aliphatic rings. The van der Waals surface area contributed by atoms with E-state index in [1.54, 1.807) is 41.2 Å². The maximum absolute atomic E-state index is 12.9. The molecular weight excluding hydrogens is 518 g/mol. The molecule has 11 heteroatoms. The number of methoxy groups -OCH3 is 1. The minimum Gasteiger partial charge on any atom is -0.493 e. The fraction of sp³-hybridized carbons (Fsp3) is 0.429. The maximum atomic E-state index is 12.9. The second kappa shape index (κ2) is 9.65. The molecule has 3 atom stereocenters. The van der Waals surface area contributed by atoms with Crippen LogP contribution in [0, 0.1) is 30.1 Å². The summed E-state index contributed by atoms with van der Waals surface area (Å²) in [5, 5.41) is 21.3. The van der Waals surface area contributed by atoms with Crippen molar-refractivity contribution < 1.29 is 14.3 Å². The number of amides is 2. The van der Waals surface area contributed by atoms with Crippen LogP contribution in [0.25, 0.3) is 0 Å². The van der Waals surface area contributed by atoms with Gasteiger partial charge in [-0.2, -0.15) is 5.26 Å². The predicted octanol–water partition coefficient (Wildman–Crippen LogP) is 3.78. The topological polar surface area (TPSA) is 126 Å². The van der Waals surface area contributed by atoms with E-state index < -0.39 is 0 Å². The summed E-state index contributed by atoms with van der Waals surface area (Å²) in [6.45, 7) is 4.57. The third-order valence-corrected chi connectivity index (χ3v) is 8.56. The van der Waals surface area contributed by atoms with Crippen molar-refractivity contribution >= 4 is 29.2 Å². The molecule has 1 aromatic carbocycles. The lowest BCUT2D eigenvalue weighted by Gasteiger charge is -2.36. The Morgan fingerprint density at radius 2 is 2.10 bits per heavy atom. The average Bonchev–Trinajstić information content (AvgIpc) is 3.36. The summed E-state index contributed by atoms with van der Waals surface area (Å²) < 4.78 is 7.32. The number of benzene rings is 1. The number of piperidine rings is 1. The van der Waals surface area contributed by atoms with Crippen molar-refractivity contribution in [1.29, 1.82) is 5.26 Å². The third-order valence-electron chi connectivity index (χ3n) is 8.32. The van der Waals surface area contributed by atoms with Crippen molar-refractivity contribution in [2.24, 2.45) is 11.8 Å². The first-order valence-electron chi connectivity index (χ1n) is 13.1. The van der Waals surface area contributed by atoms with E-state index in [4.69, 9.17) is 16.3 Å². The second-order valence-electron chi connectivity index (χ2n) is 10.7. The first kappa shape index (κ1) is 25.3. The van der Waals surface area contributed by atoms with Gasteiger partial charge in [-0.05, 0) is 68.7 Å². The van der Waals surface area contributed by atoms with Crippen LogP contribution in [0.4, 0.5) is 5.82 Å². The number of fused-ring (bicyclic) bond motifs is 1. The van der Waals surface area contributed by atoms with Gasteiger partial charge in [-0.25, -0.2) is 9.67 Å². The Morgan fingerprint density at radius 1 is 1.31 bits per heavy atom. The van der Waals surface area contributed by atoms with Crippen LogP contribution >= 0.6 is 11.6 Å². The van der Waals surface area contributed by atoms with Crippen LogP contribution in [-0.2, 0) is 4.79 Å². The molecule has 3 aromatic rings. The van der Waals surface area contributed by atoms with E-state index >= 15 is 0 Å². The SMILES string of the molecule is COc1c(N2C[C@H]3C[C@H]3C2=O)ncc(C(C)n2cc(C(=O)NC3CC(c4cc(Cl)ccc4C#N)C3)nn2)c1C. The molecule has 2 amide bonds. The maximum Gasteiger partial charge on any atom is 0.273 e. The number of hydrogen-bond donors (Lipinski definition) is 1. The number of carbonyl (C=O) groups excluding carboxylic acids is 2. The summed E-state index contributed by atoms with van der Waals surface area (Å²) in [7, 11) is 1.58. The van der Waals surface area contributed by atoms with Crippen molar-refractivity contribution in [3.05, 3.63) is 63.6 Å². The highest BCUT2D eigenvalue weighted by Gasteiger charge is 2.53. The molecular formula is C28H28ClN7O3. The highest BCUT2D eigenvalue weighted by atomic mass is 35.5. The lowest BCUT2D eigenvalue weighted by Crippen LogP contribution is -2.43. The van der Waals surface area contributed by atoms with Crippen LogP contribution in [-0.4, -0.2) is 51.5 Å². The quantitative estimate of drug-likeness (QED) is 0.478. The van der Waals surface area contributed by atoms with Crippen molar-refractivity contribution in [1.82, 2.24) is 25.3 Å². The van der Waals surface area contributed by atoms with Gasteiger partial charge < -0.3 is 10.1 Å².